The summed E-state index contributed by atoms with van der Waals surface area (Å²) in [6.07, 6.45) is 9.97. The third-order valence-electron chi connectivity index (χ3n) is 1.26. The smallest absolute Gasteiger partial charge is 0.307 e. The van der Waals surface area contributed by atoms with Gasteiger partial charge in [0.15, 0.2) is 0 Å². The number of rotatable bonds is 4. The van der Waals surface area contributed by atoms with Crippen LogP contribution in [0.1, 0.15) is 13.3 Å². The zero-order valence-corrected chi connectivity index (χ0v) is 9.03. The van der Waals surface area contributed by atoms with Crippen molar-refractivity contribution in [1.29, 1.82) is 0 Å². The van der Waals surface area contributed by atoms with Crippen molar-refractivity contribution in [2.24, 2.45) is 0 Å². The summed E-state index contributed by atoms with van der Waals surface area (Å²) in [4.78, 5) is 10.1. The molecule has 2 heteroatoms. The van der Waals surface area contributed by atoms with Gasteiger partial charge in [0.05, 0.1) is 6.42 Å². The van der Waals surface area contributed by atoms with Crippen LogP contribution in [0.15, 0.2) is 42.2 Å². The van der Waals surface area contributed by atoms with Gasteiger partial charge in [0.1, 0.15) is 0 Å². The number of hydrogen-bond acceptors (Lipinski definition) is 1. The Balaban J connectivity index is 3.95. The summed E-state index contributed by atoms with van der Waals surface area (Å²) in [7, 11) is 0. The van der Waals surface area contributed by atoms with Gasteiger partial charge in [-0.2, -0.15) is 0 Å². The van der Waals surface area contributed by atoms with Gasteiger partial charge in [0.2, 0.25) is 0 Å². The fraction of sp³-hybridized carbons (Fsp3) is 0.143. The molecule has 0 bridgehead atoms. The van der Waals surface area contributed by atoms with Gasteiger partial charge in [-0.25, -0.2) is 0 Å². The molecule has 0 atom stereocenters. The molecular weight excluding hydrogens is 200 g/mol. The molecule has 0 aliphatic rings. The van der Waals surface area contributed by atoms with Crippen LogP contribution in [-0.4, -0.2) is 11.1 Å². The molecule has 0 rings (SSSR count). The van der Waals surface area contributed by atoms with Crippen LogP contribution in [0, 0.1) is 23.7 Å². The van der Waals surface area contributed by atoms with Crippen molar-refractivity contribution in [2.75, 3.05) is 0 Å². The average Bonchev–Trinajstić information content (AvgIpc) is 2.25. The molecule has 0 saturated carbocycles. The molecule has 0 amide bonds. The van der Waals surface area contributed by atoms with Gasteiger partial charge in [-0.15, -0.1) is 5.73 Å². The lowest BCUT2D eigenvalue weighted by Gasteiger charge is -1.79. The number of carboxylic acids is 1. The first kappa shape index (κ1) is 13.6. The van der Waals surface area contributed by atoms with Crippen molar-refractivity contribution >= 4 is 5.97 Å². The van der Waals surface area contributed by atoms with E-state index in [1.165, 1.54) is 0 Å². The molecule has 1 N–H and O–H groups in total. The summed E-state index contributed by atoms with van der Waals surface area (Å²) in [5.41, 5.74) is 2.82. The topological polar surface area (TPSA) is 37.3 Å². The van der Waals surface area contributed by atoms with E-state index in [4.69, 9.17) is 5.11 Å². The maximum atomic E-state index is 10.1. The lowest BCUT2D eigenvalue weighted by atomic mass is 10.3. The maximum Gasteiger partial charge on any atom is 0.307 e. The average molecular weight is 212 g/mol. The van der Waals surface area contributed by atoms with E-state index in [1.807, 2.05) is 0 Å². The van der Waals surface area contributed by atoms with Crippen molar-refractivity contribution in [2.45, 2.75) is 13.3 Å². The SMILES string of the molecule is CC#CC#CC=C=C/C=C/C=C/CC(=O)O. The van der Waals surface area contributed by atoms with Gasteiger partial charge in [0, 0.05) is 6.08 Å². The Morgan fingerprint density at radius 2 is 2.06 bits per heavy atom. The van der Waals surface area contributed by atoms with Gasteiger partial charge in [-0.05, 0) is 24.8 Å². The first-order valence-corrected chi connectivity index (χ1v) is 4.64. The van der Waals surface area contributed by atoms with Crippen LogP contribution in [-0.2, 0) is 4.79 Å². The minimum Gasteiger partial charge on any atom is -0.481 e. The molecule has 0 aliphatic carbocycles. The molecule has 0 aromatic rings. The Labute approximate surface area is 95.7 Å². The number of allylic oxidation sites excluding steroid dienone is 4. The van der Waals surface area contributed by atoms with Crippen molar-refractivity contribution in [3.63, 3.8) is 0 Å². The first-order valence-electron chi connectivity index (χ1n) is 4.64. The standard InChI is InChI=1S/C14H12O2/c1-2-3-4-5-6-7-8-9-10-11-12-13-14(15)16/h6,8-12H,13H2,1H3,(H,15,16)/b10-9+,12-11+. The Bertz CT molecular complexity index is 450. The molecule has 0 fully saturated rings. The van der Waals surface area contributed by atoms with Crippen LogP contribution in [0.3, 0.4) is 0 Å². The van der Waals surface area contributed by atoms with Crippen molar-refractivity contribution in [1.82, 2.24) is 0 Å². The zero-order valence-electron chi connectivity index (χ0n) is 9.03. The molecule has 0 heterocycles. The van der Waals surface area contributed by atoms with Gasteiger partial charge in [-0.1, -0.05) is 36.1 Å². The second kappa shape index (κ2) is 10.7. The van der Waals surface area contributed by atoms with Crippen LogP contribution in [0.5, 0.6) is 0 Å². The fourth-order valence-corrected chi connectivity index (χ4v) is 0.647. The molecular formula is C14H12O2. The molecule has 0 spiro atoms. The van der Waals surface area contributed by atoms with E-state index < -0.39 is 5.97 Å². The number of carbonyl (C=O) groups is 1. The predicted molar refractivity (Wildman–Crippen MR) is 64.4 cm³/mol. The maximum absolute atomic E-state index is 10.1. The van der Waals surface area contributed by atoms with Crippen LogP contribution in [0.2, 0.25) is 0 Å². The predicted octanol–water partition coefficient (Wildman–Crippen LogP) is 2.31. The Morgan fingerprint density at radius 1 is 1.25 bits per heavy atom. The number of aliphatic carboxylic acids is 1. The summed E-state index contributed by atoms with van der Waals surface area (Å²) in [5, 5.41) is 8.33. The molecule has 0 aliphatic heterocycles. The van der Waals surface area contributed by atoms with Gasteiger partial charge >= 0.3 is 5.97 Å². The highest BCUT2D eigenvalue weighted by molar-refractivity contribution is 5.68. The first-order chi connectivity index (χ1) is 7.77. The number of hydrogen-bond donors (Lipinski definition) is 1. The molecule has 0 aromatic carbocycles. The molecule has 0 unspecified atom stereocenters. The highest BCUT2D eigenvalue weighted by atomic mass is 16.4. The van der Waals surface area contributed by atoms with Crippen LogP contribution < -0.4 is 0 Å². The normalized spacial score (nSPS) is 8.56. The van der Waals surface area contributed by atoms with Crippen LogP contribution >= 0.6 is 0 Å². The van der Waals surface area contributed by atoms with E-state index in [-0.39, 0.29) is 6.42 Å². The van der Waals surface area contributed by atoms with Crippen molar-refractivity contribution < 1.29 is 9.90 Å². The third kappa shape index (κ3) is 11.6. The molecule has 80 valence electrons. The van der Waals surface area contributed by atoms with E-state index in [9.17, 15) is 4.79 Å². The van der Waals surface area contributed by atoms with E-state index in [0.29, 0.717) is 0 Å². The Morgan fingerprint density at radius 3 is 2.75 bits per heavy atom. The minimum atomic E-state index is -0.840. The van der Waals surface area contributed by atoms with Crippen molar-refractivity contribution in [3.05, 3.63) is 42.2 Å². The van der Waals surface area contributed by atoms with Gasteiger partial charge in [-0.3, -0.25) is 4.79 Å². The second-order valence-electron chi connectivity index (χ2n) is 2.53. The monoisotopic (exact) mass is 212 g/mol. The van der Waals surface area contributed by atoms with E-state index in [0.717, 1.165) is 0 Å². The fourth-order valence-electron chi connectivity index (χ4n) is 0.647. The lowest BCUT2D eigenvalue weighted by Crippen LogP contribution is -1.89. The molecule has 0 radical (unpaired) electrons. The lowest BCUT2D eigenvalue weighted by molar-refractivity contribution is -0.135. The molecule has 0 aromatic heterocycles. The molecule has 2 nitrogen and oxygen atoms in total. The highest BCUT2D eigenvalue weighted by Gasteiger charge is 1.86. The number of carboxylic acid groups (broad SMARTS) is 1. The summed E-state index contributed by atoms with van der Waals surface area (Å²) in [5.74, 6) is 9.69. The largest absolute Gasteiger partial charge is 0.481 e. The molecule has 0 saturated heterocycles. The Hall–Kier alpha value is -2.41. The summed E-state index contributed by atoms with van der Waals surface area (Å²) in [6, 6.07) is 0. The quantitative estimate of drug-likeness (QED) is 0.441. The van der Waals surface area contributed by atoms with E-state index in [2.05, 4.69) is 29.4 Å². The van der Waals surface area contributed by atoms with Gasteiger partial charge < -0.3 is 5.11 Å². The van der Waals surface area contributed by atoms with E-state index >= 15 is 0 Å². The third-order valence-corrected chi connectivity index (χ3v) is 1.26. The summed E-state index contributed by atoms with van der Waals surface area (Å²) < 4.78 is 0. The van der Waals surface area contributed by atoms with E-state index in [1.54, 1.807) is 43.4 Å². The zero-order chi connectivity index (χ0) is 12.1. The highest BCUT2D eigenvalue weighted by Crippen LogP contribution is 1.84. The second-order valence-corrected chi connectivity index (χ2v) is 2.53. The van der Waals surface area contributed by atoms with Crippen LogP contribution in [0.4, 0.5) is 0 Å². The minimum absolute atomic E-state index is 0.0328. The van der Waals surface area contributed by atoms with Crippen molar-refractivity contribution in [3.8, 4) is 23.7 Å². The van der Waals surface area contributed by atoms with Gasteiger partial charge in [0.25, 0.3) is 0 Å². The van der Waals surface area contributed by atoms with Crippen LogP contribution in [0.25, 0.3) is 0 Å². The summed E-state index contributed by atoms with van der Waals surface area (Å²) >= 11 is 0. The summed E-state index contributed by atoms with van der Waals surface area (Å²) in [6.45, 7) is 1.72. The molecule has 16 heavy (non-hydrogen) atoms. The Kier molecular flexibility index (Phi) is 9.06.